The molecule has 3 unspecified atom stereocenters. The van der Waals surface area contributed by atoms with E-state index in [-0.39, 0.29) is 6.09 Å². The van der Waals surface area contributed by atoms with E-state index in [9.17, 15) is 4.79 Å². The molecule has 3 aliphatic heterocycles. The van der Waals surface area contributed by atoms with Crippen LogP contribution in [0.1, 0.15) is 42.0 Å². The monoisotopic (exact) mass is 314 g/mol. The van der Waals surface area contributed by atoms with E-state index in [4.69, 9.17) is 4.74 Å². The number of aryl methyl sites for hydroxylation is 1. The molecule has 4 nitrogen and oxygen atoms in total. The molecule has 0 aliphatic carbocycles. The highest BCUT2D eigenvalue weighted by Crippen LogP contribution is 2.43. The second-order valence-corrected chi connectivity index (χ2v) is 7.33. The van der Waals surface area contributed by atoms with Crippen molar-refractivity contribution in [1.29, 1.82) is 0 Å². The van der Waals surface area contributed by atoms with Gasteiger partial charge in [-0.1, -0.05) is 23.8 Å². The Morgan fingerprint density at radius 1 is 1.30 bits per heavy atom. The highest BCUT2D eigenvalue weighted by atomic mass is 16.5. The fourth-order valence-electron chi connectivity index (χ4n) is 4.91. The number of rotatable bonds is 0. The Kier molecular flexibility index (Phi) is 3.80. The van der Waals surface area contributed by atoms with Gasteiger partial charge in [-0.15, -0.1) is 0 Å². The number of likely N-dealkylation sites (tertiary alicyclic amines) is 1. The molecule has 0 bridgehead atoms. The van der Waals surface area contributed by atoms with Crippen molar-refractivity contribution in [2.24, 2.45) is 5.92 Å². The molecule has 0 aromatic heterocycles. The Bertz CT molecular complexity index is 615. The minimum Gasteiger partial charge on any atom is -0.453 e. The van der Waals surface area contributed by atoms with Crippen LogP contribution in [0.4, 0.5) is 4.79 Å². The highest BCUT2D eigenvalue weighted by molar-refractivity contribution is 5.68. The molecule has 3 heterocycles. The van der Waals surface area contributed by atoms with Crippen LogP contribution in [-0.2, 0) is 11.2 Å². The number of carbonyl (C=O) groups excluding carboxylic acids is 1. The van der Waals surface area contributed by atoms with E-state index >= 15 is 0 Å². The molecule has 1 aromatic rings. The first kappa shape index (κ1) is 15.0. The van der Waals surface area contributed by atoms with Gasteiger partial charge in [-0.2, -0.15) is 0 Å². The van der Waals surface area contributed by atoms with Gasteiger partial charge in [-0.3, -0.25) is 4.90 Å². The molecule has 3 aliphatic rings. The molecule has 0 saturated carbocycles. The Hall–Kier alpha value is -1.55. The molecule has 4 heteroatoms. The third-order valence-electron chi connectivity index (χ3n) is 6.03. The number of carbonyl (C=O) groups is 1. The van der Waals surface area contributed by atoms with Crippen LogP contribution in [0, 0.1) is 12.8 Å². The van der Waals surface area contributed by atoms with Crippen molar-refractivity contribution in [2.45, 2.75) is 44.7 Å². The van der Waals surface area contributed by atoms with Crippen molar-refractivity contribution in [3.63, 3.8) is 0 Å². The lowest BCUT2D eigenvalue weighted by Gasteiger charge is -2.51. The molecular formula is C19H26N2O2. The van der Waals surface area contributed by atoms with Crippen LogP contribution >= 0.6 is 0 Å². The predicted molar refractivity (Wildman–Crippen MR) is 89.4 cm³/mol. The van der Waals surface area contributed by atoms with E-state index in [1.54, 1.807) is 0 Å². The minimum absolute atomic E-state index is 0.145. The lowest BCUT2D eigenvalue weighted by molar-refractivity contribution is -0.00842. The van der Waals surface area contributed by atoms with Gasteiger partial charge in [0.1, 0.15) is 0 Å². The standard InChI is InChI=1S/C19H26N2O2/c1-13-5-6-14-7-9-20-12-15-4-3-8-21(19(22)23-2)17(15)11-18(20)16(14)10-13/h5-6,10,15,17-18H,3-4,7-9,11-12H2,1-2H3. The Morgan fingerprint density at radius 2 is 2.17 bits per heavy atom. The summed E-state index contributed by atoms with van der Waals surface area (Å²) >= 11 is 0. The van der Waals surface area contributed by atoms with Crippen LogP contribution < -0.4 is 0 Å². The van der Waals surface area contributed by atoms with Gasteiger partial charge in [0.25, 0.3) is 0 Å². The van der Waals surface area contributed by atoms with Crippen LogP contribution in [0.2, 0.25) is 0 Å². The highest BCUT2D eigenvalue weighted by Gasteiger charge is 2.44. The van der Waals surface area contributed by atoms with Gasteiger partial charge in [-0.25, -0.2) is 4.79 Å². The van der Waals surface area contributed by atoms with E-state index in [0.29, 0.717) is 18.0 Å². The summed E-state index contributed by atoms with van der Waals surface area (Å²) in [4.78, 5) is 16.8. The van der Waals surface area contributed by atoms with Gasteiger partial charge in [0.15, 0.2) is 0 Å². The quantitative estimate of drug-likeness (QED) is 0.737. The fraction of sp³-hybridized carbons (Fsp3) is 0.632. The summed E-state index contributed by atoms with van der Waals surface area (Å²) in [7, 11) is 1.50. The van der Waals surface area contributed by atoms with Crippen molar-refractivity contribution in [2.75, 3.05) is 26.7 Å². The second-order valence-electron chi connectivity index (χ2n) is 7.33. The third-order valence-corrected chi connectivity index (χ3v) is 6.03. The molecular weight excluding hydrogens is 288 g/mol. The SMILES string of the molecule is COC(=O)N1CCCC2CN3CCc4ccc(C)cc4C3CC21. The zero-order chi connectivity index (χ0) is 16.0. The number of fused-ring (bicyclic) bond motifs is 4. The first-order chi connectivity index (χ1) is 11.2. The summed E-state index contributed by atoms with van der Waals surface area (Å²) in [6, 6.07) is 7.68. The first-order valence-corrected chi connectivity index (χ1v) is 8.85. The van der Waals surface area contributed by atoms with E-state index in [2.05, 4.69) is 30.0 Å². The number of amides is 1. The van der Waals surface area contributed by atoms with Crippen molar-refractivity contribution in [3.8, 4) is 0 Å². The number of nitrogens with zero attached hydrogens (tertiary/aromatic N) is 2. The maximum absolute atomic E-state index is 12.2. The number of piperidine rings is 2. The maximum Gasteiger partial charge on any atom is 0.409 e. The number of hydrogen-bond donors (Lipinski definition) is 0. The molecule has 2 fully saturated rings. The Morgan fingerprint density at radius 3 is 3.00 bits per heavy atom. The summed E-state index contributed by atoms with van der Waals surface area (Å²) in [5, 5.41) is 0. The van der Waals surface area contributed by atoms with E-state index in [0.717, 1.165) is 38.9 Å². The van der Waals surface area contributed by atoms with Crippen molar-refractivity contribution >= 4 is 6.09 Å². The van der Waals surface area contributed by atoms with Crippen LogP contribution in [0.3, 0.4) is 0 Å². The zero-order valence-corrected chi connectivity index (χ0v) is 14.1. The molecule has 0 spiro atoms. The van der Waals surface area contributed by atoms with Crippen molar-refractivity contribution in [1.82, 2.24) is 9.80 Å². The Balaban J connectivity index is 1.65. The Labute approximate surface area is 138 Å². The maximum atomic E-state index is 12.2. The summed E-state index contributed by atoms with van der Waals surface area (Å²) in [6.07, 6.45) is 4.40. The topological polar surface area (TPSA) is 32.8 Å². The van der Waals surface area contributed by atoms with Crippen molar-refractivity contribution < 1.29 is 9.53 Å². The molecule has 0 radical (unpaired) electrons. The summed E-state index contributed by atoms with van der Waals surface area (Å²) in [5.41, 5.74) is 4.32. The molecule has 1 amide bonds. The smallest absolute Gasteiger partial charge is 0.409 e. The van der Waals surface area contributed by atoms with Crippen LogP contribution in [0.5, 0.6) is 0 Å². The van der Waals surface area contributed by atoms with Crippen LogP contribution in [-0.4, -0.2) is 48.7 Å². The number of methoxy groups -OCH3 is 1. The van der Waals surface area contributed by atoms with Gasteiger partial charge in [0.2, 0.25) is 0 Å². The van der Waals surface area contributed by atoms with Crippen LogP contribution in [0.25, 0.3) is 0 Å². The van der Waals surface area contributed by atoms with E-state index in [1.165, 1.54) is 30.2 Å². The summed E-state index contributed by atoms with van der Waals surface area (Å²) in [5.74, 6) is 0.602. The van der Waals surface area contributed by atoms with Gasteiger partial charge in [0.05, 0.1) is 7.11 Å². The largest absolute Gasteiger partial charge is 0.453 e. The number of benzene rings is 1. The van der Waals surface area contributed by atoms with Gasteiger partial charge < -0.3 is 9.64 Å². The van der Waals surface area contributed by atoms with Crippen LogP contribution in [0.15, 0.2) is 18.2 Å². The van der Waals surface area contributed by atoms with Gasteiger partial charge >= 0.3 is 6.09 Å². The summed E-state index contributed by atoms with van der Waals surface area (Å²) < 4.78 is 5.04. The number of hydrogen-bond acceptors (Lipinski definition) is 3. The lowest BCUT2D eigenvalue weighted by atomic mass is 9.76. The zero-order valence-electron chi connectivity index (χ0n) is 14.1. The molecule has 2 saturated heterocycles. The molecule has 1 aromatic carbocycles. The molecule has 124 valence electrons. The predicted octanol–water partition coefficient (Wildman–Crippen LogP) is 3.14. The molecule has 0 N–H and O–H groups in total. The fourth-order valence-corrected chi connectivity index (χ4v) is 4.91. The van der Waals surface area contributed by atoms with Crippen molar-refractivity contribution in [3.05, 3.63) is 34.9 Å². The lowest BCUT2D eigenvalue weighted by Crippen LogP contribution is -2.57. The first-order valence-electron chi connectivity index (χ1n) is 8.85. The molecule has 23 heavy (non-hydrogen) atoms. The average Bonchev–Trinajstić information content (AvgIpc) is 2.58. The van der Waals surface area contributed by atoms with Gasteiger partial charge in [0, 0.05) is 31.7 Å². The molecule has 4 rings (SSSR count). The summed E-state index contributed by atoms with van der Waals surface area (Å²) in [6.45, 7) is 5.30. The normalized spacial score (nSPS) is 30.2. The number of ether oxygens (including phenoxy) is 1. The third kappa shape index (κ3) is 2.53. The van der Waals surface area contributed by atoms with Gasteiger partial charge in [-0.05, 0) is 49.7 Å². The van der Waals surface area contributed by atoms with E-state index < -0.39 is 0 Å². The second kappa shape index (κ2) is 5.82. The van der Waals surface area contributed by atoms with E-state index in [1.807, 2.05) is 4.90 Å². The average molecular weight is 314 g/mol. The minimum atomic E-state index is -0.145. The molecule has 3 atom stereocenters.